The highest BCUT2D eigenvalue weighted by Gasteiger charge is 2.19. The fourth-order valence-electron chi connectivity index (χ4n) is 2.77. The molecule has 11 heteroatoms. The molecule has 1 amide bonds. The average molecular weight is 430 g/mol. The van der Waals surface area contributed by atoms with Gasteiger partial charge in [0.05, 0.1) is 11.3 Å². The van der Waals surface area contributed by atoms with E-state index < -0.39 is 10.0 Å². The largest absolute Gasteiger partial charge is 0.454 e. The molecule has 2 aromatic carbocycles. The van der Waals surface area contributed by atoms with E-state index in [1.54, 1.807) is 30.3 Å². The molecule has 4 rings (SSSR count). The molecule has 0 saturated carbocycles. The fourth-order valence-corrected chi connectivity index (χ4v) is 3.67. The summed E-state index contributed by atoms with van der Waals surface area (Å²) in [7, 11) is -0.611. The molecule has 10 nitrogen and oxygen atoms in total. The average Bonchev–Trinajstić information content (AvgIpc) is 3.37. The Morgan fingerprint density at radius 2 is 1.80 bits per heavy atom. The minimum absolute atomic E-state index is 0.0549. The van der Waals surface area contributed by atoms with Crippen molar-refractivity contribution in [3.05, 3.63) is 48.0 Å². The Hall–Kier alpha value is -3.44. The maximum Gasteiger partial charge on any atom is 0.322 e. The summed E-state index contributed by atoms with van der Waals surface area (Å²) in [5.74, 6) is 1.06. The van der Waals surface area contributed by atoms with Gasteiger partial charge < -0.3 is 13.9 Å². The highest BCUT2D eigenvalue weighted by Crippen LogP contribution is 2.32. The molecule has 0 spiro atoms. The van der Waals surface area contributed by atoms with Gasteiger partial charge in [0.15, 0.2) is 11.5 Å². The monoisotopic (exact) mass is 430 g/mol. The molecule has 0 saturated heterocycles. The predicted molar refractivity (Wildman–Crippen MR) is 106 cm³/mol. The zero-order valence-corrected chi connectivity index (χ0v) is 17.0. The van der Waals surface area contributed by atoms with Crippen molar-refractivity contribution in [1.29, 1.82) is 0 Å². The Bertz CT molecular complexity index is 1190. The van der Waals surface area contributed by atoms with Crippen LogP contribution in [0, 0.1) is 0 Å². The van der Waals surface area contributed by atoms with Gasteiger partial charge in [-0.1, -0.05) is 11.2 Å². The molecule has 3 aromatic rings. The van der Waals surface area contributed by atoms with Gasteiger partial charge >= 0.3 is 6.01 Å². The fraction of sp³-hybridized carbons (Fsp3) is 0.211. The SMILES string of the molecule is CN(C)S(=O)(=O)c1ccc(-c2nnc(NC(=O)Cc3ccc4c(c3)OCO4)o2)cc1. The first-order valence-corrected chi connectivity index (χ1v) is 10.3. The number of amides is 1. The maximum atomic E-state index is 12.3. The highest BCUT2D eigenvalue weighted by molar-refractivity contribution is 7.89. The van der Waals surface area contributed by atoms with Gasteiger partial charge in [-0.05, 0) is 42.0 Å². The standard InChI is InChI=1S/C19H18N4O6S/c1-23(2)30(25,26)14-6-4-13(5-7-14)18-21-22-19(29-18)20-17(24)10-12-3-8-15-16(9-12)28-11-27-15/h3-9H,10-11H2,1-2H3,(H,20,22,24). The Kier molecular flexibility index (Phi) is 5.14. The number of fused-ring (bicyclic) bond motifs is 1. The Labute approximate surface area is 172 Å². The summed E-state index contributed by atoms with van der Waals surface area (Å²) in [6, 6.07) is 11.2. The number of nitrogens with one attached hydrogen (secondary N) is 1. The summed E-state index contributed by atoms with van der Waals surface area (Å²) in [6.45, 7) is 0.164. The van der Waals surface area contributed by atoms with Crippen molar-refractivity contribution in [2.75, 3.05) is 26.2 Å². The van der Waals surface area contributed by atoms with Crippen LogP contribution in [0.15, 0.2) is 51.8 Å². The molecule has 1 N–H and O–H groups in total. The molecule has 0 atom stereocenters. The molecule has 0 fully saturated rings. The second-order valence-electron chi connectivity index (χ2n) is 6.64. The van der Waals surface area contributed by atoms with Gasteiger partial charge in [0.25, 0.3) is 0 Å². The lowest BCUT2D eigenvalue weighted by Gasteiger charge is -2.11. The van der Waals surface area contributed by atoms with Gasteiger partial charge in [0.2, 0.25) is 28.6 Å². The maximum absolute atomic E-state index is 12.3. The molecular weight excluding hydrogens is 412 g/mol. The summed E-state index contributed by atoms with van der Waals surface area (Å²) in [4.78, 5) is 12.4. The number of hydrogen-bond acceptors (Lipinski definition) is 8. The molecule has 0 radical (unpaired) electrons. The van der Waals surface area contributed by atoms with Crippen molar-refractivity contribution in [2.45, 2.75) is 11.3 Å². The molecular formula is C19H18N4O6S. The number of anilines is 1. The van der Waals surface area contributed by atoms with Gasteiger partial charge in [0.1, 0.15) is 0 Å². The lowest BCUT2D eigenvalue weighted by Crippen LogP contribution is -2.22. The van der Waals surface area contributed by atoms with Crippen LogP contribution in [-0.2, 0) is 21.2 Å². The molecule has 2 heterocycles. The second-order valence-corrected chi connectivity index (χ2v) is 8.79. The normalized spacial score (nSPS) is 12.9. The molecule has 1 aliphatic heterocycles. The van der Waals surface area contributed by atoms with E-state index in [4.69, 9.17) is 13.9 Å². The summed E-state index contributed by atoms with van der Waals surface area (Å²) < 4.78 is 41.4. The van der Waals surface area contributed by atoms with Crippen molar-refractivity contribution in [3.8, 4) is 23.0 Å². The van der Waals surface area contributed by atoms with Gasteiger partial charge in [0, 0.05) is 19.7 Å². The van der Waals surface area contributed by atoms with Crippen molar-refractivity contribution < 1.29 is 27.1 Å². The van der Waals surface area contributed by atoms with Gasteiger partial charge in [-0.15, -0.1) is 5.10 Å². The highest BCUT2D eigenvalue weighted by atomic mass is 32.2. The van der Waals surface area contributed by atoms with E-state index >= 15 is 0 Å². The molecule has 0 bridgehead atoms. The third-order valence-corrected chi connectivity index (χ3v) is 6.18. The van der Waals surface area contributed by atoms with Crippen LogP contribution in [-0.4, -0.2) is 49.7 Å². The molecule has 1 aromatic heterocycles. The minimum Gasteiger partial charge on any atom is -0.454 e. The molecule has 30 heavy (non-hydrogen) atoms. The number of benzene rings is 2. The number of nitrogens with zero attached hydrogens (tertiary/aromatic N) is 3. The summed E-state index contributed by atoms with van der Waals surface area (Å²) in [5, 5.41) is 10.2. The van der Waals surface area contributed by atoms with Crippen molar-refractivity contribution >= 4 is 21.9 Å². The van der Waals surface area contributed by atoms with Crippen LogP contribution in [0.25, 0.3) is 11.5 Å². The minimum atomic E-state index is -3.53. The smallest absolute Gasteiger partial charge is 0.322 e. The molecule has 0 aliphatic carbocycles. The van der Waals surface area contributed by atoms with Gasteiger partial charge in [-0.2, -0.15) is 0 Å². The number of hydrogen-bond donors (Lipinski definition) is 1. The number of aromatic nitrogens is 2. The first-order valence-electron chi connectivity index (χ1n) is 8.88. The topological polar surface area (TPSA) is 124 Å². The van der Waals surface area contributed by atoms with E-state index in [1.807, 2.05) is 0 Å². The zero-order valence-electron chi connectivity index (χ0n) is 16.2. The van der Waals surface area contributed by atoms with Crippen LogP contribution in [0.1, 0.15) is 5.56 Å². The number of carbonyl (C=O) groups is 1. The number of ether oxygens (including phenoxy) is 2. The van der Waals surface area contributed by atoms with E-state index in [2.05, 4.69) is 15.5 Å². The van der Waals surface area contributed by atoms with Crippen molar-refractivity contribution in [2.24, 2.45) is 0 Å². The number of rotatable bonds is 6. The lowest BCUT2D eigenvalue weighted by atomic mass is 10.1. The van der Waals surface area contributed by atoms with E-state index in [0.717, 1.165) is 9.87 Å². The Morgan fingerprint density at radius 3 is 2.53 bits per heavy atom. The third-order valence-electron chi connectivity index (χ3n) is 4.35. The lowest BCUT2D eigenvalue weighted by molar-refractivity contribution is -0.115. The van der Waals surface area contributed by atoms with Crippen molar-refractivity contribution in [1.82, 2.24) is 14.5 Å². The van der Waals surface area contributed by atoms with Crippen molar-refractivity contribution in [3.63, 3.8) is 0 Å². The molecule has 0 unspecified atom stereocenters. The van der Waals surface area contributed by atoms with Crippen LogP contribution in [0.2, 0.25) is 0 Å². The Morgan fingerprint density at radius 1 is 1.07 bits per heavy atom. The Balaban J connectivity index is 1.42. The van der Waals surface area contributed by atoms with E-state index in [9.17, 15) is 13.2 Å². The van der Waals surface area contributed by atoms with Crippen LogP contribution >= 0.6 is 0 Å². The van der Waals surface area contributed by atoms with E-state index in [0.29, 0.717) is 17.1 Å². The quantitative estimate of drug-likeness (QED) is 0.629. The number of sulfonamides is 1. The summed E-state index contributed by atoms with van der Waals surface area (Å²) in [5.41, 5.74) is 1.27. The van der Waals surface area contributed by atoms with Gasteiger partial charge in [-0.25, -0.2) is 12.7 Å². The second kappa shape index (κ2) is 7.76. The van der Waals surface area contributed by atoms with E-state index in [1.165, 1.54) is 26.2 Å². The van der Waals surface area contributed by atoms with Crippen LogP contribution < -0.4 is 14.8 Å². The molecule has 1 aliphatic rings. The number of carbonyl (C=O) groups excluding carboxylic acids is 1. The summed E-state index contributed by atoms with van der Waals surface area (Å²) >= 11 is 0. The van der Waals surface area contributed by atoms with Gasteiger partial charge in [-0.3, -0.25) is 10.1 Å². The van der Waals surface area contributed by atoms with Crippen LogP contribution in [0.5, 0.6) is 11.5 Å². The summed E-state index contributed by atoms with van der Waals surface area (Å²) in [6.07, 6.45) is 0.0887. The first-order chi connectivity index (χ1) is 14.3. The first kappa shape index (κ1) is 19.9. The van der Waals surface area contributed by atoms with Crippen LogP contribution in [0.3, 0.4) is 0 Å². The zero-order chi connectivity index (χ0) is 21.3. The predicted octanol–water partition coefficient (Wildman–Crippen LogP) is 1.90. The molecule has 156 valence electrons. The van der Waals surface area contributed by atoms with Crippen LogP contribution in [0.4, 0.5) is 6.01 Å². The third kappa shape index (κ3) is 3.98. The van der Waals surface area contributed by atoms with E-state index in [-0.39, 0.29) is 35.9 Å².